The highest BCUT2D eigenvalue weighted by Crippen LogP contribution is 2.24. The Morgan fingerprint density at radius 1 is 1.42 bits per heavy atom. The molecule has 6 heteroatoms. The average Bonchev–Trinajstić information content (AvgIpc) is 2.88. The lowest BCUT2D eigenvalue weighted by molar-refractivity contribution is -0.0587. The Bertz CT molecular complexity index is 797. The summed E-state index contributed by atoms with van der Waals surface area (Å²) >= 11 is 0. The van der Waals surface area contributed by atoms with Crippen molar-refractivity contribution < 1.29 is 14.6 Å². The summed E-state index contributed by atoms with van der Waals surface area (Å²) in [6.45, 7) is 3.53. The van der Waals surface area contributed by atoms with E-state index in [1.807, 2.05) is 0 Å². The lowest BCUT2D eigenvalue weighted by Gasteiger charge is -2.27. The molecule has 0 saturated carbocycles. The Morgan fingerprint density at radius 3 is 2.88 bits per heavy atom. The van der Waals surface area contributed by atoms with Crippen molar-refractivity contribution in [3.63, 3.8) is 0 Å². The number of carboxylic acids is 1. The molecule has 2 aliphatic rings. The molecule has 2 aliphatic heterocycles. The molecule has 0 aliphatic carbocycles. The third-order valence-corrected chi connectivity index (χ3v) is 4.78. The number of hydrogen-bond acceptors (Lipinski definition) is 4. The van der Waals surface area contributed by atoms with Crippen LogP contribution < -0.4 is 5.32 Å². The minimum absolute atomic E-state index is 0.195. The van der Waals surface area contributed by atoms with Crippen molar-refractivity contribution in [1.29, 1.82) is 0 Å². The number of fused-ring (bicyclic) bond motifs is 1. The van der Waals surface area contributed by atoms with Gasteiger partial charge in [0.1, 0.15) is 5.82 Å². The summed E-state index contributed by atoms with van der Waals surface area (Å²) in [5, 5.41) is 12.6. The molecule has 1 atom stereocenters. The molecule has 1 aromatic heterocycles. The summed E-state index contributed by atoms with van der Waals surface area (Å²) in [7, 11) is 0. The van der Waals surface area contributed by atoms with Gasteiger partial charge in [0.05, 0.1) is 29.2 Å². The number of piperidine rings is 1. The number of nitrogens with one attached hydrogen (secondary N) is 1. The fourth-order valence-electron chi connectivity index (χ4n) is 3.28. The second-order valence-corrected chi connectivity index (χ2v) is 6.42. The van der Waals surface area contributed by atoms with E-state index >= 15 is 0 Å². The van der Waals surface area contributed by atoms with Crippen LogP contribution in [0.1, 0.15) is 35.4 Å². The van der Waals surface area contributed by atoms with Gasteiger partial charge in [0.2, 0.25) is 0 Å². The molecule has 2 N–H and O–H groups in total. The number of rotatable bonds is 4. The number of benzene rings is 1. The maximum atomic E-state index is 11.3. The molecule has 0 radical (unpaired) electrons. The van der Waals surface area contributed by atoms with Crippen LogP contribution in [0.2, 0.25) is 0 Å². The summed E-state index contributed by atoms with van der Waals surface area (Å²) in [5.41, 5.74) is 3.38. The largest absolute Gasteiger partial charge is 0.478 e. The zero-order valence-electron chi connectivity index (χ0n) is 13.5. The van der Waals surface area contributed by atoms with E-state index in [0.717, 1.165) is 62.4 Å². The van der Waals surface area contributed by atoms with Crippen molar-refractivity contribution in [3.05, 3.63) is 35.2 Å². The summed E-state index contributed by atoms with van der Waals surface area (Å²) in [4.78, 5) is 16.0. The molecule has 0 spiro atoms. The predicted octanol–water partition coefficient (Wildman–Crippen LogP) is 2.29. The van der Waals surface area contributed by atoms with Crippen molar-refractivity contribution >= 4 is 23.1 Å². The molecule has 2 fully saturated rings. The normalized spacial score (nSPS) is 20.8. The van der Waals surface area contributed by atoms with Gasteiger partial charge in [0.15, 0.2) is 0 Å². The SMILES string of the molecule is O=C(O)c1ccc2nc(C=C3CCNCC3)n(C[C@@H]3CCO3)c2c1. The number of ether oxygens (including phenoxy) is 1. The molecular formula is C18H21N3O3. The minimum atomic E-state index is -0.914. The zero-order chi connectivity index (χ0) is 16.5. The summed E-state index contributed by atoms with van der Waals surface area (Å²) in [5.74, 6) is -0.0113. The van der Waals surface area contributed by atoms with Crippen LogP contribution >= 0.6 is 0 Å². The molecule has 6 nitrogen and oxygen atoms in total. The number of carboxylic acid groups (broad SMARTS) is 1. The minimum Gasteiger partial charge on any atom is -0.478 e. The Balaban J connectivity index is 1.78. The number of nitrogens with zero attached hydrogens (tertiary/aromatic N) is 2. The number of imidazole rings is 1. The molecule has 0 unspecified atom stereocenters. The van der Waals surface area contributed by atoms with E-state index in [-0.39, 0.29) is 6.10 Å². The summed E-state index contributed by atoms with van der Waals surface area (Å²) in [6.07, 6.45) is 5.46. The molecule has 1 aromatic carbocycles. The van der Waals surface area contributed by atoms with Crippen LogP contribution in [0.5, 0.6) is 0 Å². The maximum absolute atomic E-state index is 11.3. The van der Waals surface area contributed by atoms with Crippen LogP contribution in [-0.2, 0) is 11.3 Å². The number of aromatic carboxylic acids is 1. The van der Waals surface area contributed by atoms with Crippen LogP contribution in [0.15, 0.2) is 23.8 Å². The molecule has 2 saturated heterocycles. The van der Waals surface area contributed by atoms with Crippen molar-refractivity contribution in [2.75, 3.05) is 19.7 Å². The van der Waals surface area contributed by atoms with E-state index in [9.17, 15) is 9.90 Å². The molecular weight excluding hydrogens is 306 g/mol. The van der Waals surface area contributed by atoms with Gasteiger partial charge in [0, 0.05) is 6.61 Å². The van der Waals surface area contributed by atoms with E-state index in [1.54, 1.807) is 18.2 Å². The average molecular weight is 327 g/mol. The second-order valence-electron chi connectivity index (χ2n) is 6.42. The summed E-state index contributed by atoms with van der Waals surface area (Å²) < 4.78 is 7.69. The molecule has 126 valence electrons. The predicted molar refractivity (Wildman–Crippen MR) is 91.1 cm³/mol. The van der Waals surface area contributed by atoms with Gasteiger partial charge in [-0.15, -0.1) is 0 Å². The first-order valence-electron chi connectivity index (χ1n) is 8.46. The van der Waals surface area contributed by atoms with Crippen molar-refractivity contribution in [1.82, 2.24) is 14.9 Å². The molecule has 2 aromatic rings. The van der Waals surface area contributed by atoms with E-state index in [1.165, 1.54) is 5.57 Å². The fourth-order valence-corrected chi connectivity index (χ4v) is 3.28. The van der Waals surface area contributed by atoms with Crippen LogP contribution in [0.3, 0.4) is 0 Å². The highest BCUT2D eigenvalue weighted by atomic mass is 16.5. The first-order valence-corrected chi connectivity index (χ1v) is 8.46. The number of carbonyl (C=O) groups is 1. The molecule has 24 heavy (non-hydrogen) atoms. The van der Waals surface area contributed by atoms with Gasteiger partial charge in [-0.2, -0.15) is 0 Å². The Morgan fingerprint density at radius 2 is 2.21 bits per heavy atom. The van der Waals surface area contributed by atoms with E-state index in [0.29, 0.717) is 5.56 Å². The first-order chi connectivity index (χ1) is 11.7. The van der Waals surface area contributed by atoms with Crippen LogP contribution in [0, 0.1) is 0 Å². The van der Waals surface area contributed by atoms with E-state index in [2.05, 4.69) is 16.0 Å². The topological polar surface area (TPSA) is 76.4 Å². The van der Waals surface area contributed by atoms with Crippen LogP contribution in [0.4, 0.5) is 0 Å². The van der Waals surface area contributed by atoms with Crippen LogP contribution in [-0.4, -0.2) is 46.4 Å². The third-order valence-electron chi connectivity index (χ3n) is 4.78. The van der Waals surface area contributed by atoms with Gasteiger partial charge >= 0.3 is 5.97 Å². The molecule has 0 amide bonds. The van der Waals surface area contributed by atoms with Gasteiger partial charge < -0.3 is 19.7 Å². The van der Waals surface area contributed by atoms with Crippen molar-refractivity contribution in [3.8, 4) is 0 Å². The Labute approximate surface area is 140 Å². The van der Waals surface area contributed by atoms with Gasteiger partial charge in [-0.05, 0) is 56.6 Å². The van der Waals surface area contributed by atoms with Gasteiger partial charge in [0.25, 0.3) is 0 Å². The number of aromatic nitrogens is 2. The van der Waals surface area contributed by atoms with E-state index < -0.39 is 5.97 Å². The monoisotopic (exact) mass is 327 g/mol. The van der Waals surface area contributed by atoms with Crippen LogP contribution in [0.25, 0.3) is 17.1 Å². The molecule has 3 heterocycles. The van der Waals surface area contributed by atoms with Crippen molar-refractivity contribution in [2.45, 2.75) is 31.9 Å². The third kappa shape index (κ3) is 2.95. The smallest absolute Gasteiger partial charge is 0.335 e. The lowest BCUT2D eigenvalue weighted by atomic mass is 10.1. The highest BCUT2D eigenvalue weighted by Gasteiger charge is 2.22. The van der Waals surface area contributed by atoms with Crippen molar-refractivity contribution in [2.24, 2.45) is 0 Å². The molecule has 0 bridgehead atoms. The highest BCUT2D eigenvalue weighted by molar-refractivity contribution is 5.92. The fraction of sp³-hybridized carbons (Fsp3) is 0.444. The Hall–Kier alpha value is -2.18. The quantitative estimate of drug-likeness (QED) is 0.901. The lowest BCUT2D eigenvalue weighted by Crippen LogP contribution is -2.31. The second kappa shape index (κ2) is 6.37. The standard InChI is InChI=1S/C18H21N3O3/c22-18(23)13-1-2-15-16(10-13)21(11-14-5-8-24-14)17(20-15)9-12-3-6-19-7-4-12/h1-2,9-10,14,19H,3-8,11H2,(H,22,23)/t14-/m0/s1. The first kappa shape index (κ1) is 15.4. The zero-order valence-corrected chi connectivity index (χ0v) is 13.5. The summed E-state index contributed by atoms with van der Waals surface area (Å²) in [6, 6.07) is 5.12. The van der Waals surface area contributed by atoms with Gasteiger partial charge in [-0.25, -0.2) is 9.78 Å². The molecule has 4 rings (SSSR count). The van der Waals surface area contributed by atoms with Gasteiger partial charge in [-0.1, -0.05) is 5.57 Å². The Kier molecular flexibility index (Phi) is 4.08. The number of hydrogen-bond donors (Lipinski definition) is 2. The maximum Gasteiger partial charge on any atom is 0.335 e. The van der Waals surface area contributed by atoms with E-state index in [4.69, 9.17) is 9.72 Å². The van der Waals surface area contributed by atoms with Gasteiger partial charge in [-0.3, -0.25) is 0 Å².